The number of carbonyl (C=O) groups is 1. The van der Waals surface area contributed by atoms with E-state index in [2.05, 4.69) is 4.90 Å². The van der Waals surface area contributed by atoms with Crippen LogP contribution in [0.2, 0.25) is 5.02 Å². The molecule has 0 radical (unpaired) electrons. The summed E-state index contributed by atoms with van der Waals surface area (Å²) in [5.74, 6) is 0.0568. The molecule has 1 aliphatic rings. The summed E-state index contributed by atoms with van der Waals surface area (Å²) in [6.07, 6.45) is 0.684. The van der Waals surface area contributed by atoms with E-state index >= 15 is 0 Å². The van der Waals surface area contributed by atoms with Crippen LogP contribution in [0.3, 0.4) is 0 Å². The molecule has 104 valence electrons. The van der Waals surface area contributed by atoms with Crippen LogP contribution in [0.25, 0.3) is 0 Å². The van der Waals surface area contributed by atoms with Gasteiger partial charge in [0.05, 0.1) is 16.8 Å². The molecule has 1 aromatic rings. The van der Waals surface area contributed by atoms with Crippen LogP contribution in [0.1, 0.15) is 13.3 Å². The predicted molar refractivity (Wildman–Crippen MR) is 78.5 cm³/mol. The number of hydrogen-bond acceptors (Lipinski definition) is 3. The van der Waals surface area contributed by atoms with Crippen molar-refractivity contribution in [3.05, 3.63) is 29.3 Å². The molecular formula is C14H20ClN3O. The fraction of sp³-hybridized carbons (Fsp3) is 0.500. The second-order valence-corrected chi connectivity index (χ2v) is 5.19. The summed E-state index contributed by atoms with van der Waals surface area (Å²) in [5, 5.41) is 0.757. The van der Waals surface area contributed by atoms with Crippen molar-refractivity contribution in [3.63, 3.8) is 0 Å². The van der Waals surface area contributed by atoms with Crippen LogP contribution < -0.4 is 10.6 Å². The summed E-state index contributed by atoms with van der Waals surface area (Å²) < 4.78 is 0. The zero-order valence-corrected chi connectivity index (χ0v) is 11.9. The Hall–Kier alpha value is -1.26. The molecule has 1 saturated heterocycles. The average Bonchev–Trinajstić information content (AvgIpc) is 2.46. The molecule has 0 saturated carbocycles. The molecular weight excluding hydrogens is 262 g/mol. The van der Waals surface area contributed by atoms with E-state index in [1.165, 1.54) is 0 Å². The zero-order valence-electron chi connectivity index (χ0n) is 11.2. The lowest BCUT2D eigenvalue weighted by atomic mass is 10.2. The maximum Gasteiger partial charge on any atom is 0.239 e. The number of piperazine rings is 1. The molecule has 0 bridgehead atoms. The van der Waals surface area contributed by atoms with E-state index in [-0.39, 0.29) is 11.9 Å². The minimum absolute atomic E-state index is 0.0568. The Morgan fingerprint density at radius 2 is 1.95 bits per heavy atom. The highest BCUT2D eigenvalue weighted by atomic mass is 35.5. The number of carbonyl (C=O) groups excluding carboxylic acids is 1. The fourth-order valence-corrected chi connectivity index (χ4v) is 2.54. The SMILES string of the molecule is CCC(N)C(=O)N1CCN(c2ccccc2Cl)CC1. The Morgan fingerprint density at radius 3 is 2.53 bits per heavy atom. The van der Waals surface area contributed by atoms with Gasteiger partial charge in [0.2, 0.25) is 5.91 Å². The number of rotatable bonds is 3. The highest BCUT2D eigenvalue weighted by Crippen LogP contribution is 2.26. The van der Waals surface area contributed by atoms with Gasteiger partial charge in [-0.1, -0.05) is 30.7 Å². The van der Waals surface area contributed by atoms with Gasteiger partial charge < -0.3 is 15.5 Å². The van der Waals surface area contributed by atoms with E-state index in [0.717, 1.165) is 23.8 Å². The maximum absolute atomic E-state index is 12.0. The van der Waals surface area contributed by atoms with Crippen LogP contribution >= 0.6 is 11.6 Å². The number of anilines is 1. The lowest BCUT2D eigenvalue weighted by Gasteiger charge is -2.37. The van der Waals surface area contributed by atoms with Gasteiger partial charge in [-0.05, 0) is 18.6 Å². The van der Waals surface area contributed by atoms with Crippen molar-refractivity contribution in [1.82, 2.24) is 4.90 Å². The summed E-state index contributed by atoms with van der Waals surface area (Å²) in [7, 11) is 0. The van der Waals surface area contributed by atoms with Crippen LogP contribution in [0, 0.1) is 0 Å². The van der Waals surface area contributed by atoms with Crippen molar-refractivity contribution in [2.24, 2.45) is 5.73 Å². The summed E-state index contributed by atoms with van der Waals surface area (Å²) in [6, 6.07) is 7.43. The van der Waals surface area contributed by atoms with Crippen molar-refractivity contribution in [2.45, 2.75) is 19.4 Å². The van der Waals surface area contributed by atoms with Gasteiger partial charge in [0, 0.05) is 26.2 Å². The number of nitrogens with zero attached hydrogens (tertiary/aromatic N) is 2. The van der Waals surface area contributed by atoms with Crippen molar-refractivity contribution in [1.29, 1.82) is 0 Å². The molecule has 1 amide bonds. The molecule has 2 N–H and O–H groups in total. The van der Waals surface area contributed by atoms with E-state index in [0.29, 0.717) is 19.5 Å². The lowest BCUT2D eigenvalue weighted by molar-refractivity contribution is -0.132. The third kappa shape index (κ3) is 3.19. The maximum atomic E-state index is 12.0. The highest BCUT2D eigenvalue weighted by molar-refractivity contribution is 6.33. The molecule has 0 aliphatic carbocycles. The van der Waals surface area contributed by atoms with Gasteiger partial charge in [0.25, 0.3) is 0 Å². The second kappa shape index (κ2) is 6.26. The summed E-state index contributed by atoms with van der Waals surface area (Å²) in [4.78, 5) is 16.1. The van der Waals surface area contributed by atoms with Gasteiger partial charge in [0.1, 0.15) is 0 Å². The van der Waals surface area contributed by atoms with Crippen molar-refractivity contribution in [3.8, 4) is 0 Å². The first kappa shape index (κ1) is 14.2. The van der Waals surface area contributed by atoms with Gasteiger partial charge in [-0.2, -0.15) is 0 Å². The number of halogens is 1. The van der Waals surface area contributed by atoms with E-state index in [1.807, 2.05) is 36.1 Å². The molecule has 0 spiro atoms. The Labute approximate surface area is 119 Å². The zero-order chi connectivity index (χ0) is 13.8. The van der Waals surface area contributed by atoms with Crippen LogP contribution in [0.5, 0.6) is 0 Å². The largest absolute Gasteiger partial charge is 0.367 e. The number of amides is 1. The van der Waals surface area contributed by atoms with Gasteiger partial charge in [0.15, 0.2) is 0 Å². The molecule has 1 aromatic carbocycles. The first-order valence-corrected chi connectivity index (χ1v) is 7.05. The van der Waals surface area contributed by atoms with Gasteiger partial charge in [-0.15, -0.1) is 0 Å². The summed E-state index contributed by atoms with van der Waals surface area (Å²) >= 11 is 6.19. The number of hydrogen-bond donors (Lipinski definition) is 1. The van der Waals surface area contributed by atoms with E-state index in [4.69, 9.17) is 17.3 Å². The number of para-hydroxylation sites is 1. The first-order valence-electron chi connectivity index (χ1n) is 6.67. The molecule has 1 atom stereocenters. The van der Waals surface area contributed by atoms with Gasteiger partial charge in [-0.25, -0.2) is 0 Å². The second-order valence-electron chi connectivity index (χ2n) is 4.78. The third-order valence-corrected chi connectivity index (χ3v) is 3.86. The molecule has 1 unspecified atom stereocenters. The molecule has 1 aliphatic heterocycles. The molecule has 19 heavy (non-hydrogen) atoms. The Bertz CT molecular complexity index is 444. The standard InChI is InChI=1S/C14H20ClN3O/c1-2-12(16)14(19)18-9-7-17(8-10-18)13-6-4-3-5-11(13)15/h3-6,12H,2,7-10,16H2,1H3. The fourth-order valence-electron chi connectivity index (χ4n) is 2.29. The number of nitrogens with two attached hydrogens (primary N) is 1. The average molecular weight is 282 g/mol. The van der Waals surface area contributed by atoms with Crippen LogP contribution in [-0.2, 0) is 4.79 Å². The molecule has 0 aromatic heterocycles. The molecule has 2 rings (SSSR count). The lowest BCUT2D eigenvalue weighted by Crippen LogP contribution is -2.53. The van der Waals surface area contributed by atoms with Crippen LogP contribution in [0.4, 0.5) is 5.69 Å². The Morgan fingerprint density at radius 1 is 1.32 bits per heavy atom. The van der Waals surface area contributed by atoms with Gasteiger partial charge >= 0.3 is 0 Å². The van der Waals surface area contributed by atoms with Crippen LogP contribution in [-0.4, -0.2) is 43.0 Å². The Kier molecular flexibility index (Phi) is 4.66. The van der Waals surface area contributed by atoms with Crippen molar-refractivity contribution < 1.29 is 4.79 Å². The Balaban J connectivity index is 1.96. The third-order valence-electron chi connectivity index (χ3n) is 3.54. The first-order chi connectivity index (χ1) is 9.13. The molecule has 1 fully saturated rings. The van der Waals surface area contributed by atoms with Crippen LogP contribution in [0.15, 0.2) is 24.3 Å². The highest BCUT2D eigenvalue weighted by Gasteiger charge is 2.24. The summed E-state index contributed by atoms with van der Waals surface area (Å²) in [5.41, 5.74) is 6.83. The predicted octanol–water partition coefficient (Wildman–Crippen LogP) is 1.73. The molecule has 5 heteroatoms. The minimum Gasteiger partial charge on any atom is -0.367 e. The van der Waals surface area contributed by atoms with E-state index in [1.54, 1.807) is 0 Å². The topological polar surface area (TPSA) is 49.6 Å². The van der Waals surface area contributed by atoms with E-state index in [9.17, 15) is 4.79 Å². The van der Waals surface area contributed by atoms with Gasteiger partial charge in [-0.3, -0.25) is 4.79 Å². The number of benzene rings is 1. The normalized spacial score (nSPS) is 17.4. The quantitative estimate of drug-likeness (QED) is 0.918. The van der Waals surface area contributed by atoms with Crippen molar-refractivity contribution in [2.75, 3.05) is 31.1 Å². The smallest absolute Gasteiger partial charge is 0.239 e. The van der Waals surface area contributed by atoms with Crippen molar-refractivity contribution >= 4 is 23.2 Å². The molecule has 4 nitrogen and oxygen atoms in total. The molecule has 1 heterocycles. The minimum atomic E-state index is -0.369. The summed E-state index contributed by atoms with van der Waals surface area (Å²) in [6.45, 7) is 4.94. The monoisotopic (exact) mass is 281 g/mol. The van der Waals surface area contributed by atoms with E-state index < -0.39 is 0 Å².